The van der Waals surface area contributed by atoms with E-state index in [1.807, 2.05) is 17.5 Å². The Hall–Kier alpha value is -4.23. The number of halogens is 1. The fraction of sp³-hybridized carbons (Fsp3) is 0.357. The fourth-order valence-electron chi connectivity index (χ4n) is 5.18. The number of aryl methyl sites for hydroxylation is 1. The molecule has 1 aliphatic rings. The van der Waals surface area contributed by atoms with Gasteiger partial charge in [0.2, 0.25) is 5.91 Å². The number of carbonyl (C=O) groups excluding carboxylic acids is 1. The van der Waals surface area contributed by atoms with Crippen LogP contribution in [0, 0.1) is 25.6 Å². The van der Waals surface area contributed by atoms with Crippen molar-refractivity contribution in [2.45, 2.75) is 46.7 Å². The van der Waals surface area contributed by atoms with E-state index in [1.54, 1.807) is 31.5 Å². The molecular formula is C28H31FN10OS. The van der Waals surface area contributed by atoms with Crippen molar-refractivity contribution in [1.29, 1.82) is 0 Å². The highest BCUT2D eigenvalue weighted by Crippen LogP contribution is 2.28. The first kappa shape index (κ1) is 27.0. The van der Waals surface area contributed by atoms with Gasteiger partial charge in [-0.3, -0.25) is 14.1 Å². The first-order valence-corrected chi connectivity index (χ1v) is 14.3. The van der Waals surface area contributed by atoms with Gasteiger partial charge in [-0.2, -0.15) is 4.37 Å². The van der Waals surface area contributed by atoms with Crippen LogP contribution in [0.3, 0.4) is 0 Å². The topological polar surface area (TPSA) is 118 Å². The summed E-state index contributed by atoms with van der Waals surface area (Å²) < 4.78 is 21.8. The van der Waals surface area contributed by atoms with Crippen LogP contribution in [-0.2, 0) is 17.9 Å². The van der Waals surface area contributed by atoms with Crippen molar-refractivity contribution in [2.75, 3.05) is 23.7 Å². The van der Waals surface area contributed by atoms with E-state index in [-0.39, 0.29) is 18.3 Å². The molecule has 5 aromatic rings. The van der Waals surface area contributed by atoms with E-state index in [2.05, 4.69) is 53.2 Å². The lowest BCUT2D eigenvalue weighted by Gasteiger charge is -2.30. The quantitative estimate of drug-likeness (QED) is 0.271. The minimum Gasteiger partial charge on any atom is -0.328 e. The molecule has 212 valence electrons. The third-order valence-electron chi connectivity index (χ3n) is 7.19. The van der Waals surface area contributed by atoms with Crippen LogP contribution in [0.2, 0.25) is 0 Å². The maximum atomic E-state index is 13.8. The molecule has 1 saturated heterocycles. The molecule has 41 heavy (non-hydrogen) atoms. The SMILES string of the molecule is Cc1cn2c(-c3cn(CC(=O)Nc4cccc(F)c4C)nn3)cnc2c(Nc2cc(CN3CCCC(C)C3)ns2)n1. The molecule has 0 radical (unpaired) electrons. The van der Waals surface area contributed by atoms with Gasteiger partial charge in [0, 0.05) is 30.5 Å². The average molecular weight is 575 g/mol. The van der Waals surface area contributed by atoms with Gasteiger partial charge in [-0.1, -0.05) is 18.2 Å². The molecular weight excluding hydrogens is 543 g/mol. The number of hydrogen-bond acceptors (Lipinski definition) is 9. The zero-order valence-corrected chi connectivity index (χ0v) is 24.0. The number of carbonyl (C=O) groups is 1. The number of amides is 1. The van der Waals surface area contributed by atoms with Crippen molar-refractivity contribution in [3.05, 3.63) is 65.6 Å². The second kappa shape index (κ2) is 11.3. The Labute approximate surface area is 240 Å². The van der Waals surface area contributed by atoms with Crippen molar-refractivity contribution >= 4 is 39.6 Å². The summed E-state index contributed by atoms with van der Waals surface area (Å²) in [4.78, 5) is 24.3. The first-order chi connectivity index (χ1) is 19.8. The molecule has 1 atom stereocenters. The van der Waals surface area contributed by atoms with E-state index in [9.17, 15) is 9.18 Å². The molecule has 1 aromatic carbocycles. The zero-order chi connectivity index (χ0) is 28.5. The van der Waals surface area contributed by atoms with Crippen LogP contribution in [0.25, 0.3) is 17.0 Å². The van der Waals surface area contributed by atoms with Crippen molar-refractivity contribution in [3.8, 4) is 11.4 Å². The third-order valence-corrected chi connectivity index (χ3v) is 7.93. The molecule has 1 aliphatic heterocycles. The van der Waals surface area contributed by atoms with Crippen LogP contribution in [-0.4, -0.2) is 57.6 Å². The summed E-state index contributed by atoms with van der Waals surface area (Å²) in [6, 6.07) is 6.65. The highest BCUT2D eigenvalue weighted by atomic mass is 32.1. The average Bonchev–Trinajstić information content (AvgIpc) is 3.67. The van der Waals surface area contributed by atoms with Gasteiger partial charge < -0.3 is 10.6 Å². The van der Waals surface area contributed by atoms with E-state index in [1.165, 1.54) is 35.1 Å². The van der Waals surface area contributed by atoms with E-state index in [4.69, 9.17) is 0 Å². The molecule has 0 spiro atoms. The fourth-order valence-corrected chi connectivity index (χ4v) is 5.83. The maximum Gasteiger partial charge on any atom is 0.246 e. The number of fused-ring (bicyclic) bond motifs is 1. The monoisotopic (exact) mass is 574 g/mol. The highest BCUT2D eigenvalue weighted by Gasteiger charge is 2.19. The lowest BCUT2D eigenvalue weighted by Crippen LogP contribution is -2.33. The summed E-state index contributed by atoms with van der Waals surface area (Å²) in [6.45, 7) is 8.84. The molecule has 0 bridgehead atoms. The van der Waals surface area contributed by atoms with Gasteiger partial charge in [0.1, 0.15) is 23.1 Å². The molecule has 13 heteroatoms. The lowest BCUT2D eigenvalue weighted by atomic mass is 10.0. The standard InChI is InChI=1S/C28H31FN10OS/c1-17-6-5-9-37(12-17)14-20-10-26(41-35-20)33-27-28-30-11-24(39(28)13-18(2)31-27)23-15-38(36-34-23)16-25(40)32-22-8-4-7-21(29)19(22)3/h4,7-8,10-11,13,15,17H,5-6,9,12,14,16H2,1-3H3,(H,31,33)(H,32,40). The number of likely N-dealkylation sites (tertiary alicyclic amines) is 1. The van der Waals surface area contributed by atoms with Crippen LogP contribution in [0.1, 0.15) is 36.7 Å². The summed E-state index contributed by atoms with van der Waals surface area (Å²) in [5.41, 5.74) is 4.56. The van der Waals surface area contributed by atoms with Crippen molar-refractivity contribution < 1.29 is 9.18 Å². The number of rotatable bonds is 8. The van der Waals surface area contributed by atoms with E-state index >= 15 is 0 Å². The second-order valence-electron chi connectivity index (χ2n) is 10.6. The minimum atomic E-state index is -0.375. The largest absolute Gasteiger partial charge is 0.328 e. The normalized spacial score (nSPS) is 15.9. The minimum absolute atomic E-state index is 0.0723. The molecule has 0 aliphatic carbocycles. The third kappa shape index (κ3) is 5.95. The Bertz CT molecular complexity index is 1710. The molecule has 6 rings (SSSR count). The van der Waals surface area contributed by atoms with Gasteiger partial charge >= 0.3 is 0 Å². The van der Waals surface area contributed by atoms with Crippen molar-refractivity contribution in [3.63, 3.8) is 0 Å². The van der Waals surface area contributed by atoms with Gasteiger partial charge in [-0.15, -0.1) is 5.10 Å². The number of benzene rings is 1. The number of hydrogen-bond donors (Lipinski definition) is 2. The van der Waals surface area contributed by atoms with E-state index in [0.717, 1.165) is 41.9 Å². The summed E-state index contributed by atoms with van der Waals surface area (Å²) >= 11 is 1.41. The number of anilines is 3. The molecule has 1 unspecified atom stereocenters. The molecule has 4 aromatic heterocycles. The van der Waals surface area contributed by atoms with Crippen LogP contribution in [0.4, 0.5) is 20.9 Å². The molecule has 2 N–H and O–H groups in total. The number of piperidine rings is 1. The van der Waals surface area contributed by atoms with Gasteiger partial charge in [0.15, 0.2) is 11.5 Å². The summed E-state index contributed by atoms with van der Waals surface area (Å²) in [5, 5.41) is 15.4. The number of imidazole rings is 1. The zero-order valence-electron chi connectivity index (χ0n) is 23.1. The van der Waals surface area contributed by atoms with E-state index < -0.39 is 0 Å². The van der Waals surface area contributed by atoms with Crippen LogP contribution in [0.5, 0.6) is 0 Å². The summed E-state index contributed by atoms with van der Waals surface area (Å²) in [5.74, 6) is 0.636. The molecule has 11 nitrogen and oxygen atoms in total. The molecule has 0 saturated carbocycles. The predicted molar refractivity (Wildman–Crippen MR) is 156 cm³/mol. The Balaban J connectivity index is 1.17. The lowest BCUT2D eigenvalue weighted by molar-refractivity contribution is -0.116. The Morgan fingerprint density at radius 2 is 2.12 bits per heavy atom. The van der Waals surface area contributed by atoms with Gasteiger partial charge in [0.25, 0.3) is 0 Å². The Kier molecular flexibility index (Phi) is 7.45. The first-order valence-electron chi connectivity index (χ1n) is 13.6. The predicted octanol–water partition coefficient (Wildman–Crippen LogP) is 4.81. The van der Waals surface area contributed by atoms with Crippen LogP contribution in [0.15, 0.2) is 42.9 Å². The smallest absolute Gasteiger partial charge is 0.246 e. The Morgan fingerprint density at radius 3 is 2.98 bits per heavy atom. The molecule has 5 heterocycles. The Morgan fingerprint density at radius 1 is 1.24 bits per heavy atom. The highest BCUT2D eigenvalue weighted by molar-refractivity contribution is 7.10. The maximum absolute atomic E-state index is 13.8. The van der Waals surface area contributed by atoms with Gasteiger partial charge in [-0.25, -0.2) is 19.0 Å². The van der Waals surface area contributed by atoms with Crippen molar-refractivity contribution in [2.24, 2.45) is 5.92 Å². The molecule has 1 fully saturated rings. The second-order valence-corrected chi connectivity index (χ2v) is 11.4. The molecule has 1 amide bonds. The van der Waals surface area contributed by atoms with E-state index in [0.29, 0.717) is 34.1 Å². The van der Waals surface area contributed by atoms with Crippen LogP contribution < -0.4 is 10.6 Å². The number of nitrogens with zero attached hydrogens (tertiary/aromatic N) is 8. The number of aromatic nitrogens is 7. The summed E-state index contributed by atoms with van der Waals surface area (Å²) in [7, 11) is 0. The number of nitrogens with one attached hydrogen (secondary N) is 2. The van der Waals surface area contributed by atoms with Gasteiger partial charge in [0.05, 0.1) is 29.5 Å². The summed E-state index contributed by atoms with van der Waals surface area (Å²) in [6.07, 6.45) is 7.81. The van der Waals surface area contributed by atoms with Gasteiger partial charge in [-0.05, 0) is 68.9 Å². The van der Waals surface area contributed by atoms with Crippen LogP contribution >= 0.6 is 11.5 Å². The van der Waals surface area contributed by atoms with Crippen molar-refractivity contribution in [1.82, 2.24) is 38.6 Å².